The zero-order valence-corrected chi connectivity index (χ0v) is 15.2. The number of hydrogen-bond acceptors (Lipinski definition) is 4. The van der Waals surface area contributed by atoms with Crippen LogP contribution in [0, 0.1) is 3.57 Å². The molecule has 5 heteroatoms. The van der Waals surface area contributed by atoms with Crippen molar-refractivity contribution in [1.29, 1.82) is 0 Å². The van der Waals surface area contributed by atoms with Crippen LogP contribution < -0.4 is 5.32 Å². The largest absolute Gasteiger partial charge is 0.369 e. The van der Waals surface area contributed by atoms with E-state index in [2.05, 4.69) is 51.7 Å². The second-order valence-corrected chi connectivity index (χ2v) is 7.37. The summed E-state index contributed by atoms with van der Waals surface area (Å²) in [5, 5.41) is 7.69. The predicted octanol–water partition coefficient (Wildman–Crippen LogP) is 5.29. The van der Waals surface area contributed by atoms with Crippen LogP contribution >= 0.6 is 33.9 Å². The molecule has 0 radical (unpaired) electrons. The van der Waals surface area contributed by atoms with Gasteiger partial charge in [-0.15, -0.1) is 0 Å². The topological polar surface area (TPSA) is 37.8 Å². The molecule has 3 rings (SSSR count). The molecule has 2 heterocycles. The van der Waals surface area contributed by atoms with Gasteiger partial charge in [0.1, 0.15) is 5.82 Å². The SMILES string of the molecule is CCCNc1nc(-c2ccsc2)nc(C2CCCC2)c1I. The number of hydrogen-bond donors (Lipinski definition) is 1. The molecule has 1 fully saturated rings. The molecule has 1 saturated carbocycles. The van der Waals surface area contributed by atoms with Gasteiger partial charge in [-0.25, -0.2) is 9.97 Å². The highest BCUT2D eigenvalue weighted by atomic mass is 127. The summed E-state index contributed by atoms with van der Waals surface area (Å²) in [6.45, 7) is 3.14. The molecule has 0 amide bonds. The summed E-state index contributed by atoms with van der Waals surface area (Å²) in [4.78, 5) is 9.67. The zero-order valence-electron chi connectivity index (χ0n) is 12.2. The summed E-state index contributed by atoms with van der Waals surface area (Å²) in [6, 6.07) is 2.11. The van der Waals surface area contributed by atoms with E-state index < -0.39 is 0 Å². The Kier molecular flexibility index (Phi) is 5.11. The molecule has 1 aliphatic rings. The smallest absolute Gasteiger partial charge is 0.162 e. The number of nitrogens with zero attached hydrogens (tertiary/aromatic N) is 2. The molecule has 0 unspecified atom stereocenters. The first-order chi connectivity index (χ1) is 10.3. The van der Waals surface area contributed by atoms with Gasteiger partial charge in [0.25, 0.3) is 0 Å². The molecular formula is C16H20IN3S. The van der Waals surface area contributed by atoms with Crippen molar-refractivity contribution < 1.29 is 0 Å². The van der Waals surface area contributed by atoms with E-state index in [4.69, 9.17) is 9.97 Å². The average Bonchev–Trinajstić information content (AvgIpc) is 3.19. The molecule has 21 heavy (non-hydrogen) atoms. The highest BCUT2D eigenvalue weighted by Crippen LogP contribution is 2.38. The molecule has 0 aromatic carbocycles. The molecular weight excluding hydrogens is 393 g/mol. The van der Waals surface area contributed by atoms with Gasteiger partial charge >= 0.3 is 0 Å². The lowest BCUT2D eigenvalue weighted by molar-refractivity contribution is 0.690. The fourth-order valence-corrected chi connectivity index (χ4v) is 4.32. The van der Waals surface area contributed by atoms with Gasteiger partial charge in [0.15, 0.2) is 5.82 Å². The Morgan fingerprint density at radius 1 is 1.33 bits per heavy atom. The molecule has 0 atom stereocenters. The van der Waals surface area contributed by atoms with Crippen LogP contribution in [0.3, 0.4) is 0 Å². The minimum atomic E-state index is 0.611. The Balaban J connectivity index is 2.02. The summed E-state index contributed by atoms with van der Waals surface area (Å²) in [5.74, 6) is 2.49. The summed E-state index contributed by atoms with van der Waals surface area (Å²) in [6.07, 6.45) is 6.30. The van der Waals surface area contributed by atoms with Gasteiger partial charge in [0.2, 0.25) is 0 Å². The minimum absolute atomic E-state index is 0.611. The first-order valence-corrected chi connectivity index (χ1v) is 9.65. The highest BCUT2D eigenvalue weighted by molar-refractivity contribution is 14.1. The van der Waals surface area contributed by atoms with Crippen molar-refractivity contribution in [3.8, 4) is 11.4 Å². The highest BCUT2D eigenvalue weighted by Gasteiger charge is 2.24. The summed E-state index contributed by atoms with van der Waals surface area (Å²) >= 11 is 4.12. The zero-order chi connectivity index (χ0) is 14.7. The normalized spacial score (nSPS) is 15.5. The van der Waals surface area contributed by atoms with Gasteiger partial charge in [-0.1, -0.05) is 19.8 Å². The van der Waals surface area contributed by atoms with Crippen molar-refractivity contribution in [1.82, 2.24) is 9.97 Å². The summed E-state index contributed by atoms with van der Waals surface area (Å²) in [5.41, 5.74) is 2.39. The molecule has 0 spiro atoms. The standard InChI is InChI=1S/C16H20IN3S/c1-2-8-18-16-13(17)14(11-5-3-4-6-11)19-15(20-16)12-7-9-21-10-12/h7,9-11H,2-6,8H2,1H3,(H,18,19,20). The average molecular weight is 413 g/mol. The fraction of sp³-hybridized carbons (Fsp3) is 0.500. The molecule has 1 N–H and O–H groups in total. The second-order valence-electron chi connectivity index (χ2n) is 5.52. The number of anilines is 1. The van der Waals surface area contributed by atoms with E-state index in [1.165, 1.54) is 34.9 Å². The lowest BCUT2D eigenvalue weighted by Crippen LogP contribution is -2.10. The van der Waals surface area contributed by atoms with E-state index in [1.54, 1.807) is 11.3 Å². The molecule has 2 aromatic rings. The van der Waals surface area contributed by atoms with Crippen LogP contribution in [0.4, 0.5) is 5.82 Å². The molecule has 1 aliphatic carbocycles. The van der Waals surface area contributed by atoms with Gasteiger partial charge in [-0.3, -0.25) is 0 Å². The van der Waals surface area contributed by atoms with Crippen molar-refractivity contribution in [2.45, 2.75) is 44.9 Å². The van der Waals surface area contributed by atoms with Crippen molar-refractivity contribution >= 4 is 39.7 Å². The molecule has 0 bridgehead atoms. The number of nitrogens with one attached hydrogen (secondary N) is 1. The van der Waals surface area contributed by atoms with Gasteiger partial charge in [-0.05, 0) is 53.3 Å². The Labute approximate surface area is 143 Å². The van der Waals surface area contributed by atoms with Crippen LogP contribution in [0.15, 0.2) is 16.8 Å². The van der Waals surface area contributed by atoms with Crippen LogP contribution in [-0.2, 0) is 0 Å². The Morgan fingerprint density at radius 2 is 2.14 bits per heavy atom. The second kappa shape index (κ2) is 7.05. The van der Waals surface area contributed by atoms with Crippen LogP contribution in [0.25, 0.3) is 11.4 Å². The van der Waals surface area contributed by atoms with Crippen LogP contribution in [0.5, 0.6) is 0 Å². The Morgan fingerprint density at radius 3 is 2.81 bits per heavy atom. The number of rotatable bonds is 5. The fourth-order valence-electron chi connectivity index (χ4n) is 2.82. The number of thiophene rings is 1. The number of halogens is 1. The first-order valence-electron chi connectivity index (χ1n) is 7.63. The maximum absolute atomic E-state index is 4.91. The van der Waals surface area contributed by atoms with Crippen LogP contribution in [-0.4, -0.2) is 16.5 Å². The van der Waals surface area contributed by atoms with Crippen molar-refractivity contribution in [3.63, 3.8) is 0 Å². The third-order valence-corrected chi connectivity index (χ3v) is 5.69. The van der Waals surface area contributed by atoms with Crippen LogP contribution in [0.2, 0.25) is 0 Å². The summed E-state index contributed by atoms with van der Waals surface area (Å²) < 4.78 is 1.21. The van der Waals surface area contributed by atoms with Gasteiger partial charge in [0.05, 0.1) is 9.26 Å². The molecule has 2 aromatic heterocycles. The van der Waals surface area contributed by atoms with Gasteiger partial charge in [0, 0.05) is 23.4 Å². The quantitative estimate of drug-likeness (QED) is 0.677. The van der Waals surface area contributed by atoms with E-state index in [0.29, 0.717) is 5.92 Å². The third kappa shape index (κ3) is 3.39. The van der Waals surface area contributed by atoms with E-state index >= 15 is 0 Å². The van der Waals surface area contributed by atoms with Crippen molar-refractivity contribution in [3.05, 3.63) is 26.1 Å². The molecule has 112 valence electrons. The van der Waals surface area contributed by atoms with E-state index in [0.717, 1.165) is 30.2 Å². The summed E-state index contributed by atoms with van der Waals surface area (Å²) in [7, 11) is 0. The number of aromatic nitrogens is 2. The van der Waals surface area contributed by atoms with E-state index in [9.17, 15) is 0 Å². The first kappa shape index (κ1) is 15.2. The van der Waals surface area contributed by atoms with Gasteiger partial charge in [-0.2, -0.15) is 11.3 Å². The minimum Gasteiger partial charge on any atom is -0.369 e. The molecule has 0 saturated heterocycles. The Bertz CT molecular complexity index is 592. The van der Waals surface area contributed by atoms with Crippen LogP contribution in [0.1, 0.15) is 50.6 Å². The Hall–Kier alpha value is -0.690. The van der Waals surface area contributed by atoms with E-state index in [-0.39, 0.29) is 0 Å². The molecule has 0 aliphatic heterocycles. The maximum atomic E-state index is 4.91. The monoisotopic (exact) mass is 413 g/mol. The maximum Gasteiger partial charge on any atom is 0.162 e. The predicted molar refractivity (Wildman–Crippen MR) is 98.1 cm³/mol. The van der Waals surface area contributed by atoms with E-state index in [1.807, 2.05) is 0 Å². The lowest BCUT2D eigenvalue weighted by atomic mass is 10.0. The van der Waals surface area contributed by atoms with Crippen molar-refractivity contribution in [2.75, 3.05) is 11.9 Å². The van der Waals surface area contributed by atoms with Gasteiger partial charge < -0.3 is 5.32 Å². The molecule has 3 nitrogen and oxygen atoms in total. The lowest BCUT2D eigenvalue weighted by Gasteiger charge is -2.16. The third-order valence-electron chi connectivity index (χ3n) is 3.94. The van der Waals surface area contributed by atoms with Crippen molar-refractivity contribution in [2.24, 2.45) is 0 Å².